The SMILES string of the molecule is C[CH]N(C)Cc1ccc(NC(C)=O)cc1. The molecule has 1 aromatic rings. The second kappa shape index (κ2) is 5.51. The van der Waals surface area contributed by atoms with Crippen molar-refractivity contribution < 1.29 is 4.79 Å². The minimum Gasteiger partial charge on any atom is -0.326 e. The van der Waals surface area contributed by atoms with Crippen LogP contribution in [0.25, 0.3) is 0 Å². The number of nitrogens with one attached hydrogen (secondary N) is 1. The van der Waals surface area contributed by atoms with Gasteiger partial charge in [-0.3, -0.25) is 9.69 Å². The number of amides is 1. The topological polar surface area (TPSA) is 32.3 Å². The molecule has 0 fully saturated rings. The molecule has 0 atom stereocenters. The number of hydrogen-bond acceptors (Lipinski definition) is 2. The Bertz CT molecular complexity index is 319. The van der Waals surface area contributed by atoms with Gasteiger partial charge in [-0.1, -0.05) is 12.1 Å². The lowest BCUT2D eigenvalue weighted by molar-refractivity contribution is -0.114. The zero-order chi connectivity index (χ0) is 11.3. The van der Waals surface area contributed by atoms with Crippen molar-refractivity contribution in [3.63, 3.8) is 0 Å². The van der Waals surface area contributed by atoms with Crippen LogP contribution in [0.4, 0.5) is 5.69 Å². The molecule has 0 aromatic heterocycles. The average Bonchev–Trinajstić information content (AvgIpc) is 2.20. The first-order valence-corrected chi connectivity index (χ1v) is 4.98. The molecular formula is C12H17N2O. The van der Waals surface area contributed by atoms with Crippen LogP contribution in [-0.4, -0.2) is 17.9 Å². The van der Waals surface area contributed by atoms with Crippen LogP contribution in [0.2, 0.25) is 0 Å². The van der Waals surface area contributed by atoms with Crippen LogP contribution in [0.5, 0.6) is 0 Å². The summed E-state index contributed by atoms with van der Waals surface area (Å²) in [6, 6.07) is 7.87. The molecule has 81 valence electrons. The van der Waals surface area contributed by atoms with Gasteiger partial charge in [-0.15, -0.1) is 0 Å². The summed E-state index contributed by atoms with van der Waals surface area (Å²) in [6.07, 6.45) is 0. The van der Waals surface area contributed by atoms with E-state index in [1.54, 1.807) is 0 Å². The van der Waals surface area contributed by atoms with Gasteiger partial charge in [0.1, 0.15) is 0 Å². The highest BCUT2D eigenvalue weighted by Gasteiger charge is 1.99. The summed E-state index contributed by atoms with van der Waals surface area (Å²) in [7, 11) is 2.03. The van der Waals surface area contributed by atoms with E-state index in [0.29, 0.717) is 0 Å². The van der Waals surface area contributed by atoms with Crippen molar-refractivity contribution in [3.05, 3.63) is 36.4 Å². The fourth-order valence-electron chi connectivity index (χ4n) is 1.28. The van der Waals surface area contributed by atoms with Crippen LogP contribution >= 0.6 is 0 Å². The zero-order valence-electron chi connectivity index (χ0n) is 9.45. The lowest BCUT2D eigenvalue weighted by Gasteiger charge is -2.13. The van der Waals surface area contributed by atoms with Crippen molar-refractivity contribution in [2.45, 2.75) is 20.4 Å². The Morgan fingerprint density at radius 1 is 1.40 bits per heavy atom. The minimum absolute atomic E-state index is 0.0400. The van der Waals surface area contributed by atoms with Gasteiger partial charge in [0.05, 0.1) is 0 Å². The van der Waals surface area contributed by atoms with Gasteiger partial charge in [0, 0.05) is 25.7 Å². The van der Waals surface area contributed by atoms with E-state index in [2.05, 4.69) is 10.2 Å². The van der Waals surface area contributed by atoms with Gasteiger partial charge in [0.15, 0.2) is 0 Å². The molecule has 0 aliphatic carbocycles. The maximum absolute atomic E-state index is 10.8. The van der Waals surface area contributed by atoms with E-state index in [4.69, 9.17) is 0 Å². The number of anilines is 1. The van der Waals surface area contributed by atoms with Crippen molar-refractivity contribution in [3.8, 4) is 0 Å². The summed E-state index contributed by atoms with van der Waals surface area (Å²) in [5.41, 5.74) is 2.07. The van der Waals surface area contributed by atoms with Gasteiger partial charge < -0.3 is 5.32 Å². The Hall–Kier alpha value is -1.35. The van der Waals surface area contributed by atoms with Crippen LogP contribution in [0, 0.1) is 6.54 Å². The Labute approximate surface area is 91.1 Å². The molecule has 0 heterocycles. The van der Waals surface area contributed by atoms with Gasteiger partial charge in [-0.2, -0.15) is 0 Å². The largest absolute Gasteiger partial charge is 0.326 e. The third-order valence-electron chi connectivity index (χ3n) is 2.15. The Morgan fingerprint density at radius 2 is 2.00 bits per heavy atom. The molecule has 3 nitrogen and oxygen atoms in total. The third-order valence-corrected chi connectivity index (χ3v) is 2.15. The molecule has 0 saturated carbocycles. The Morgan fingerprint density at radius 3 is 2.47 bits per heavy atom. The van der Waals surface area contributed by atoms with E-state index in [9.17, 15) is 4.79 Å². The van der Waals surface area contributed by atoms with E-state index < -0.39 is 0 Å². The van der Waals surface area contributed by atoms with E-state index >= 15 is 0 Å². The van der Waals surface area contributed by atoms with E-state index in [0.717, 1.165) is 12.2 Å². The molecule has 0 spiro atoms. The molecule has 1 rings (SSSR count). The maximum Gasteiger partial charge on any atom is 0.221 e. The summed E-state index contributed by atoms with van der Waals surface area (Å²) < 4.78 is 0. The quantitative estimate of drug-likeness (QED) is 0.817. The summed E-state index contributed by atoms with van der Waals surface area (Å²) >= 11 is 0. The van der Waals surface area contributed by atoms with E-state index in [1.807, 2.05) is 44.8 Å². The summed E-state index contributed by atoms with van der Waals surface area (Å²) in [5, 5.41) is 2.74. The monoisotopic (exact) mass is 205 g/mol. The fraction of sp³-hybridized carbons (Fsp3) is 0.333. The first kappa shape index (κ1) is 11.7. The van der Waals surface area contributed by atoms with Gasteiger partial charge in [-0.05, 0) is 31.7 Å². The number of carbonyl (C=O) groups excluding carboxylic acids is 1. The highest BCUT2D eigenvalue weighted by atomic mass is 16.1. The predicted molar refractivity (Wildman–Crippen MR) is 62.2 cm³/mol. The van der Waals surface area contributed by atoms with Gasteiger partial charge in [0.25, 0.3) is 0 Å². The Balaban J connectivity index is 2.60. The number of rotatable bonds is 4. The van der Waals surface area contributed by atoms with Crippen LogP contribution in [-0.2, 0) is 11.3 Å². The van der Waals surface area contributed by atoms with Crippen LogP contribution in [0.1, 0.15) is 19.4 Å². The number of carbonyl (C=O) groups is 1. The smallest absolute Gasteiger partial charge is 0.221 e. The molecule has 1 radical (unpaired) electrons. The van der Waals surface area contributed by atoms with Crippen molar-refractivity contribution >= 4 is 11.6 Å². The summed E-state index contributed by atoms with van der Waals surface area (Å²) in [4.78, 5) is 12.9. The molecule has 0 saturated heterocycles. The molecule has 0 unspecified atom stereocenters. The molecule has 0 aliphatic heterocycles. The standard InChI is InChI=1S/C12H17N2O/c1-4-14(3)9-11-5-7-12(8-6-11)13-10(2)15/h4-8H,9H2,1-3H3,(H,13,15). The Kier molecular flexibility index (Phi) is 4.31. The third kappa shape index (κ3) is 4.13. The highest BCUT2D eigenvalue weighted by molar-refractivity contribution is 5.88. The lowest BCUT2D eigenvalue weighted by atomic mass is 10.2. The summed E-state index contributed by atoms with van der Waals surface area (Å²) in [6.45, 7) is 6.43. The molecule has 1 amide bonds. The van der Waals surface area contributed by atoms with Crippen LogP contribution in [0.15, 0.2) is 24.3 Å². The maximum atomic E-state index is 10.8. The number of hydrogen-bond donors (Lipinski definition) is 1. The second-order valence-electron chi connectivity index (χ2n) is 3.55. The minimum atomic E-state index is -0.0400. The van der Waals surface area contributed by atoms with Gasteiger partial charge >= 0.3 is 0 Å². The molecular weight excluding hydrogens is 188 g/mol. The fourth-order valence-corrected chi connectivity index (χ4v) is 1.28. The van der Waals surface area contributed by atoms with Crippen molar-refractivity contribution in [2.75, 3.05) is 12.4 Å². The van der Waals surface area contributed by atoms with Crippen molar-refractivity contribution in [1.29, 1.82) is 0 Å². The highest BCUT2D eigenvalue weighted by Crippen LogP contribution is 2.11. The lowest BCUT2D eigenvalue weighted by Crippen LogP contribution is -2.12. The van der Waals surface area contributed by atoms with E-state index in [-0.39, 0.29) is 5.91 Å². The predicted octanol–water partition coefficient (Wildman–Crippen LogP) is 2.26. The molecule has 15 heavy (non-hydrogen) atoms. The molecule has 1 aromatic carbocycles. The zero-order valence-corrected chi connectivity index (χ0v) is 9.45. The normalized spacial score (nSPS) is 10.4. The first-order valence-electron chi connectivity index (χ1n) is 4.98. The molecule has 3 heteroatoms. The van der Waals surface area contributed by atoms with Crippen LogP contribution < -0.4 is 5.32 Å². The molecule has 0 aliphatic rings. The van der Waals surface area contributed by atoms with Crippen molar-refractivity contribution in [1.82, 2.24) is 4.90 Å². The molecule has 0 bridgehead atoms. The first-order chi connectivity index (χ1) is 7.11. The van der Waals surface area contributed by atoms with Crippen LogP contribution in [0.3, 0.4) is 0 Å². The number of benzene rings is 1. The van der Waals surface area contributed by atoms with Crippen molar-refractivity contribution in [2.24, 2.45) is 0 Å². The summed E-state index contributed by atoms with van der Waals surface area (Å²) in [5.74, 6) is -0.0400. The van der Waals surface area contributed by atoms with Gasteiger partial charge in [-0.25, -0.2) is 0 Å². The second-order valence-corrected chi connectivity index (χ2v) is 3.55. The van der Waals surface area contributed by atoms with E-state index in [1.165, 1.54) is 12.5 Å². The molecule has 1 N–H and O–H groups in total. The average molecular weight is 205 g/mol. The number of nitrogens with zero attached hydrogens (tertiary/aromatic N) is 1. The van der Waals surface area contributed by atoms with Gasteiger partial charge in [0.2, 0.25) is 5.91 Å².